The zero-order chi connectivity index (χ0) is 28.4. The van der Waals surface area contributed by atoms with Gasteiger partial charge in [-0.3, -0.25) is 19.2 Å². The molecule has 1 saturated heterocycles. The van der Waals surface area contributed by atoms with Crippen molar-refractivity contribution in [2.45, 2.75) is 57.3 Å². The molecule has 0 aliphatic carbocycles. The van der Waals surface area contributed by atoms with Crippen LogP contribution < -0.4 is 20.7 Å². The molecule has 39 heavy (non-hydrogen) atoms. The fourth-order valence-electron chi connectivity index (χ4n) is 4.00. The van der Waals surface area contributed by atoms with Gasteiger partial charge in [0.05, 0.1) is 19.8 Å². The van der Waals surface area contributed by atoms with Gasteiger partial charge in [-0.15, -0.1) is 0 Å². The number of ketones is 1. The minimum atomic E-state index is -1.02. The van der Waals surface area contributed by atoms with Gasteiger partial charge in [0, 0.05) is 13.0 Å². The number of carbonyl (C=O) groups excluding carboxylic acids is 4. The van der Waals surface area contributed by atoms with Crippen LogP contribution in [0.1, 0.15) is 31.9 Å². The summed E-state index contributed by atoms with van der Waals surface area (Å²) >= 11 is 0. The quantitative estimate of drug-likeness (QED) is 0.291. The number of methoxy groups -OCH3 is 1. The van der Waals surface area contributed by atoms with E-state index in [9.17, 15) is 19.2 Å². The molecule has 10 nitrogen and oxygen atoms in total. The molecule has 4 atom stereocenters. The van der Waals surface area contributed by atoms with Gasteiger partial charge >= 0.3 is 0 Å². The van der Waals surface area contributed by atoms with E-state index in [1.807, 2.05) is 30.3 Å². The highest BCUT2D eigenvalue weighted by atomic mass is 16.6. The Labute approximate surface area is 228 Å². The molecular weight excluding hydrogens is 502 g/mol. The molecule has 3 rings (SSSR count). The molecule has 0 aromatic heterocycles. The van der Waals surface area contributed by atoms with E-state index in [0.29, 0.717) is 12.4 Å². The molecule has 2 aromatic carbocycles. The smallest absolute Gasteiger partial charge is 0.246 e. The van der Waals surface area contributed by atoms with Crippen molar-refractivity contribution in [3.63, 3.8) is 0 Å². The molecule has 3 N–H and O–H groups in total. The Balaban J connectivity index is 1.78. The number of rotatable bonds is 15. The van der Waals surface area contributed by atoms with Gasteiger partial charge in [0.15, 0.2) is 5.78 Å². The highest BCUT2D eigenvalue weighted by molar-refractivity contribution is 5.98. The number of hydrogen-bond acceptors (Lipinski definition) is 7. The fourth-order valence-corrected chi connectivity index (χ4v) is 4.00. The molecule has 4 unspecified atom stereocenters. The van der Waals surface area contributed by atoms with Crippen LogP contribution in [0.25, 0.3) is 0 Å². The molecule has 210 valence electrons. The number of hydrogen-bond donors (Lipinski definition) is 3. The second-order valence-corrected chi connectivity index (χ2v) is 9.67. The molecule has 1 fully saturated rings. The first-order valence-electron chi connectivity index (χ1n) is 13.0. The number of benzene rings is 2. The van der Waals surface area contributed by atoms with Crippen molar-refractivity contribution in [2.24, 2.45) is 0 Å². The first-order valence-corrected chi connectivity index (χ1v) is 13.0. The third-order valence-electron chi connectivity index (χ3n) is 6.45. The predicted octanol–water partition coefficient (Wildman–Crippen LogP) is 1.35. The Bertz CT molecular complexity index is 1130. The highest BCUT2D eigenvalue weighted by Gasteiger charge is 2.50. The summed E-state index contributed by atoms with van der Waals surface area (Å²) in [6, 6.07) is 13.7. The van der Waals surface area contributed by atoms with Crippen LogP contribution in [0.5, 0.6) is 5.75 Å². The first kappa shape index (κ1) is 29.8. The number of Topliss-reactive ketones (excluding diaryl/α,β-unsaturated/α-hetero) is 1. The summed E-state index contributed by atoms with van der Waals surface area (Å²) in [4.78, 5) is 51.9. The Kier molecular flexibility index (Phi) is 10.6. The normalized spacial score (nSPS) is 18.3. The first-order chi connectivity index (χ1) is 18.6. The van der Waals surface area contributed by atoms with E-state index in [0.717, 1.165) is 11.1 Å². The molecule has 10 heteroatoms. The van der Waals surface area contributed by atoms with E-state index in [1.54, 1.807) is 45.2 Å². The number of amides is 3. The predicted molar refractivity (Wildman–Crippen MR) is 144 cm³/mol. The summed E-state index contributed by atoms with van der Waals surface area (Å²) in [6.07, 6.45) is 0.429. The van der Waals surface area contributed by atoms with Crippen LogP contribution in [0.2, 0.25) is 0 Å². The maximum absolute atomic E-state index is 13.6. The average Bonchev–Trinajstić information content (AvgIpc) is 3.69. The van der Waals surface area contributed by atoms with E-state index in [-0.39, 0.29) is 31.8 Å². The molecule has 0 bridgehead atoms. The number of epoxide rings is 1. The fraction of sp³-hybridized carbons (Fsp3) is 0.448. The Hall–Kier alpha value is -3.76. The lowest BCUT2D eigenvalue weighted by molar-refractivity contribution is -0.134. The molecule has 0 saturated carbocycles. The van der Waals surface area contributed by atoms with E-state index in [1.165, 1.54) is 6.92 Å². The van der Waals surface area contributed by atoms with Crippen LogP contribution in [0.3, 0.4) is 0 Å². The van der Waals surface area contributed by atoms with Crippen molar-refractivity contribution in [3.05, 3.63) is 65.7 Å². The maximum Gasteiger partial charge on any atom is 0.246 e. The molecule has 2 aromatic rings. The van der Waals surface area contributed by atoms with Crippen molar-refractivity contribution in [3.8, 4) is 5.75 Å². The minimum absolute atomic E-state index is 0.154. The van der Waals surface area contributed by atoms with Crippen molar-refractivity contribution >= 4 is 23.5 Å². The molecule has 1 aliphatic rings. The Morgan fingerprint density at radius 2 is 1.49 bits per heavy atom. The molecule has 1 aliphatic heterocycles. The Morgan fingerprint density at radius 3 is 2.08 bits per heavy atom. The van der Waals surface area contributed by atoms with E-state index in [2.05, 4.69) is 16.0 Å². The van der Waals surface area contributed by atoms with Crippen molar-refractivity contribution < 1.29 is 33.4 Å². The van der Waals surface area contributed by atoms with Gasteiger partial charge in [0.2, 0.25) is 17.7 Å². The van der Waals surface area contributed by atoms with Crippen molar-refractivity contribution in [1.29, 1.82) is 0 Å². The SMILES string of the molecule is CCOCC(=O)NC(C)C(=O)NC(Cc1ccc(OC)cc1)C(=O)NC(Cc1ccccc1)C(=O)C1(C)CO1. The van der Waals surface area contributed by atoms with Crippen LogP contribution in [0, 0.1) is 0 Å². The summed E-state index contributed by atoms with van der Waals surface area (Å²) in [6.45, 7) is 5.46. The van der Waals surface area contributed by atoms with Crippen LogP contribution in [-0.4, -0.2) is 74.2 Å². The summed E-state index contributed by atoms with van der Waals surface area (Å²) in [7, 11) is 1.56. The number of nitrogens with one attached hydrogen (secondary N) is 3. The highest BCUT2D eigenvalue weighted by Crippen LogP contribution is 2.29. The van der Waals surface area contributed by atoms with Gasteiger partial charge in [0.1, 0.15) is 30.0 Å². The van der Waals surface area contributed by atoms with Crippen LogP contribution >= 0.6 is 0 Å². The zero-order valence-corrected chi connectivity index (χ0v) is 22.8. The van der Waals surface area contributed by atoms with E-state index < -0.39 is 41.4 Å². The van der Waals surface area contributed by atoms with Crippen LogP contribution in [0.15, 0.2) is 54.6 Å². The molecular formula is C29H37N3O7. The molecule has 0 spiro atoms. The lowest BCUT2D eigenvalue weighted by Crippen LogP contribution is -2.57. The summed E-state index contributed by atoms with van der Waals surface area (Å²) in [5.74, 6) is -1.09. The Morgan fingerprint density at radius 1 is 0.897 bits per heavy atom. The molecule has 0 radical (unpaired) electrons. The third kappa shape index (κ3) is 8.90. The number of ether oxygens (including phenoxy) is 3. The maximum atomic E-state index is 13.6. The second-order valence-electron chi connectivity index (χ2n) is 9.67. The van der Waals surface area contributed by atoms with Gasteiger partial charge < -0.3 is 30.2 Å². The monoisotopic (exact) mass is 539 g/mol. The lowest BCUT2D eigenvalue weighted by Gasteiger charge is -2.25. The minimum Gasteiger partial charge on any atom is -0.497 e. The van der Waals surface area contributed by atoms with Crippen LogP contribution in [-0.2, 0) is 41.5 Å². The summed E-state index contributed by atoms with van der Waals surface area (Å²) in [5.41, 5.74) is 0.704. The summed E-state index contributed by atoms with van der Waals surface area (Å²) in [5, 5.41) is 8.15. The molecule has 3 amide bonds. The lowest BCUT2D eigenvalue weighted by atomic mass is 9.94. The molecule has 1 heterocycles. The van der Waals surface area contributed by atoms with Crippen molar-refractivity contribution in [1.82, 2.24) is 16.0 Å². The van der Waals surface area contributed by atoms with Gasteiger partial charge in [-0.2, -0.15) is 0 Å². The van der Waals surface area contributed by atoms with Gasteiger partial charge in [-0.1, -0.05) is 42.5 Å². The summed E-state index contributed by atoms with van der Waals surface area (Å²) < 4.78 is 15.7. The van der Waals surface area contributed by atoms with Gasteiger partial charge in [-0.25, -0.2) is 0 Å². The van der Waals surface area contributed by atoms with Gasteiger partial charge in [-0.05, 0) is 50.5 Å². The van der Waals surface area contributed by atoms with Crippen molar-refractivity contribution in [2.75, 3.05) is 26.9 Å². The van der Waals surface area contributed by atoms with E-state index in [4.69, 9.17) is 14.2 Å². The second kappa shape index (κ2) is 13.9. The topological polar surface area (TPSA) is 135 Å². The average molecular weight is 540 g/mol. The van der Waals surface area contributed by atoms with E-state index >= 15 is 0 Å². The number of carbonyl (C=O) groups is 4. The van der Waals surface area contributed by atoms with Crippen LogP contribution in [0.4, 0.5) is 0 Å². The third-order valence-corrected chi connectivity index (χ3v) is 6.45. The standard InChI is InChI=1S/C29H37N3O7/c1-5-38-17-25(33)30-19(2)27(35)32-24(16-21-11-13-22(37-4)14-12-21)28(36)31-23(26(34)29(3)18-39-29)15-20-9-7-6-8-10-20/h6-14,19,23-24H,5,15-18H2,1-4H3,(H,30,33)(H,31,36)(H,32,35). The zero-order valence-electron chi connectivity index (χ0n) is 22.8. The largest absolute Gasteiger partial charge is 0.497 e. The van der Waals surface area contributed by atoms with Gasteiger partial charge in [0.25, 0.3) is 0 Å².